The second kappa shape index (κ2) is 19.5. The molecule has 0 aliphatic heterocycles. The van der Waals surface area contributed by atoms with E-state index in [-0.39, 0.29) is 42.4 Å². The highest BCUT2D eigenvalue weighted by Crippen LogP contribution is 2.21. The molecule has 0 saturated carbocycles. The van der Waals surface area contributed by atoms with Crippen LogP contribution in [0.25, 0.3) is 0 Å². The Labute approximate surface area is 250 Å². The highest BCUT2D eigenvalue weighted by atomic mass is 127. The molecule has 0 N–H and O–H groups in total. The number of unbranched alkanes of at least 4 members (excludes halogenated alkanes) is 5. The van der Waals surface area contributed by atoms with Crippen LogP contribution in [0.1, 0.15) is 38.5 Å². The molecule has 222 valence electrons. The minimum absolute atomic E-state index is 0.106. The van der Waals surface area contributed by atoms with Gasteiger partial charge in [-0.3, -0.25) is 0 Å². The van der Waals surface area contributed by atoms with Crippen LogP contribution in [0, 0.1) is 26.8 Å². The highest BCUT2D eigenvalue weighted by Gasteiger charge is 2.37. The van der Waals surface area contributed by atoms with Crippen molar-refractivity contribution in [2.45, 2.75) is 49.5 Å². The van der Waals surface area contributed by atoms with E-state index in [1.54, 1.807) is 0 Å². The van der Waals surface area contributed by atoms with Crippen LogP contribution in [0.5, 0.6) is 0 Å². The normalized spacial score (nSPS) is 11.3. The summed E-state index contributed by atoms with van der Waals surface area (Å²) in [7, 11) is -12.2. The van der Waals surface area contributed by atoms with Crippen molar-refractivity contribution in [3.05, 3.63) is 67.8 Å². The van der Waals surface area contributed by atoms with Crippen LogP contribution in [0.4, 0.5) is 26.3 Å². The standard InChI is InChI=1S/C22H22I2.2CHF3O3S/c1(3-5-13-19-23-21-15-9-7-10-16-21)2-4-6-14-20-24-22-17-11-8-12-18-22;2*2-1(3,4)8(5,6)7/h7-12,15-18H,1-6H2;2*(H,5,6,7)/q+2;;/p-2. The van der Waals surface area contributed by atoms with Crippen molar-refractivity contribution >= 4 is 20.2 Å². The number of halogens is 8. The zero-order valence-corrected chi connectivity index (χ0v) is 26.3. The predicted octanol–water partition coefficient (Wildman–Crippen LogP) is -0.731. The summed E-state index contributed by atoms with van der Waals surface area (Å²) in [6, 6.07) is 21.3. The Balaban J connectivity index is 0.000000780. The van der Waals surface area contributed by atoms with Crippen molar-refractivity contribution in [2.75, 3.05) is 0 Å². The summed E-state index contributed by atoms with van der Waals surface area (Å²) in [4.78, 5) is 0. The number of benzene rings is 2. The van der Waals surface area contributed by atoms with E-state index in [4.69, 9.17) is 25.9 Å². The average Bonchev–Trinajstić information content (AvgIpc) is 2.84. The summed E-state index contributed by atoms with van der Waals surface area (Å²) in [6.45, 7) is 0. The lowest BCUT2D eigenvalue weighted by atomic mass is 10.1. The molecular weight excluding hydrogens is 816 g/mol. The van der Waals surface area contributed by atoms with Gasteiger partial charge in [-0.2, -0.15) is 26.3 Å². The molecule has 16 heteroatoms. The second-order valence-electron chi connectivity index (χ2n) is 7.04. The van der Waals surface area contributed by atoms with Crippen molar-refractivity contribution in [3.63, 3.8) is 0 Å². The van der Waals surface area contributed by atoms with Crippen LogP contribution < -0.4 is 42.4 Å². The maximum Gasteiger partial charge on any atom is 0.485 e. The fourth-order valence-corrected chi connectivity index (χ4v) is 5.10. The van der Waals surface area contributed by atoms with E-state index in [0.717, 1.165) is 12.8 Å². The molecule has 0 spiro atoms. The van der Waals surface area contributed by atoms with Crippen molar-refractivity contribution < 1.29 is 94.7 Å². The molecule has 0 saturated heterocycles. The van der Waals surface area contributed by atoms with Crippen LogP contribution in [0.15, 0.2) is 60.7 Å². The molecule has 0 atom stereocenters. The molecule has 0 fully saturated rings. The minimum Gasteiger partial charge on any atom is -0.741 e. The first kappa shape index (κ1) is 38.4. The molecule has 0 aliphatic rings. The second-order valence-corrected chi connectivity index (χ2v) is 14.4. The lowest BCUT2D eigenvalue weighted by molar-refractivity contribution is -0.535. The molecule has 0 amide bonds. The van der Waals surface area contributed by atoms with Gasteiger partial charge >= 0.3 is 53.4 Å². The minimum atomic E-state index is -6.09. The number of hydrogen-bond acceptors (Lipinski definition) is 6. The third-order valence-corrected chi connectivity index (χ3v) is 8.95. The van der Waals surface area contributed by atoms with Gasteiger partial charge in [0.05, 0.1) is 0 Å². The summed E-state index contributed by atoms with van der Waals surface area (Å²) in [6.07, 6.45) is 7.14. The van der Waals surface area contributed by atoms with E-state index < -0.39 is 31.3 Å². The smallest absolute Gasteiger partial charge is 0.485 e. The number of hydrogen-bond donors (Lipinski definition) is 0. The first-order valence-corrected chi connectivity index (χ1v) is 18.0. The number of rotatable bonds is 7. The first-order chi connectivity index (χ1) is 18.4. The fourth-order valence-electron chi connectivity index (χ4n) is 2.01. The van der Waals surface area contributed by atoms with Crippen molar-refractivity contribution in [1.29, 1.82) is 0 Å². The lowest BCUT2D eigenvalue weighted by Crippen LogP contribution is -3.59. The monoisotopic (exact) mass is 838 g/mol. The Bertz CT molecular complexity index is 1220. The van der Waals surface area contributed by atoms with Crippen LogP contribution in [-0.4, -0.2) is 37.0 Å². The Morgan fingerprint density at radius 1 is 0.575 bits per heavy atom. The zero-order valence-electron chi connectivity index (χ0n) is 20.3. The van der Waals surface area contributed by atoms with Crippen LogP contribution in [-0.2, 0) is 20.2 Å². The van der Waals surface area contributed by atoms with Crippen molar-refractivity contribution in [1.82, 2.24) is 0 Å². The van der Waals surface area contributed by atoms with Gasteiger partial charge in [-0.05, 0) is 48.9 Å². The maximum absolute atomic E-state index is 10.7. The largest absolute Gasteiger partial charge is 0.741 e. The Kier molecular flexibility index (Phi) is 18.8. The van der Waals surface area contributed by atoms with Gasteiger partial charge in [0.2, 0.25) is 7.14 Å². The quantitative estimate of drug-likeness (QED) is 0.0909. The van der Waals surface area contributed by atoms with Crippen LogP contribution in [0.3, 0.4) is 0 Å². The van der Waals surface area contributed by atoms with Crippen molar-refractivity contribution in [3.8, 4) is 19.7 Å². The Morgan fingerprint density at radius 2 is 0.850 bits per heavy atom. The predicted molar refractivity (Wildman–Crippen MR) is 125 cm³/mol. The van der Waals surface area contributed by atoms with Gasteiger partial charge < -0.3 is 9.11 Å². The summed E-state index contributed by atoms with van der Waals surface area (Å²) >= 11 is -0.212. The Morgan fingerprint density at radius 3 is 1.10 bits per heavy atom. The van der Waals surface area contributed by atoms with Gasteiger partial charge in [-0.15, -0.1) is 0 Å². The van der Waals surface area contributed by atoms with Gasteiger partial charge in [0.1, 0.15) is 0 Å². The summed E-state index contributed by atoms with van der Waals surface area (Å²) in [5, 5.41) is 0. The van der Waals surface area contributed by atoms with Crippen LogP contribution in [0.2, 0.25) is 0 Å². The molecule has 6 nitrogen and oxygen atoms in total. The molecule has 0 bridgehead atoms. The topological polar surface area (TPSA) is 114 Å². The highest BCUT2D eigenvalue weighted by molar-refractivity contribution is 7.86. The van der Waals surface area contributed by atoms with Gasteiger partial charge in [-0.25, -0.2) is 16.8 Å². The van der Waals surface area contributed by atoms with E-state index in [0.29, 0.717) is 0 Å². The summed E-state index contributed by atoms with van der Waals surface area (Å²) in [5.74, 6) is 6.68. The maximum atomic E-state index is 10.7. The lowest BCUT2D eigenvalue weighted by Gasteiger charge is -2.08. The molecule has 0 unspecified atom stereocenters. The molecular formula is C24H22F6I2O6S2. The molecule has 2 aromatic rings. The van der Waals surface area contributed by atoms with E-state index in [1.807, 2.05) is 0 Å². The van der Waals surface area contributed by atoms with E-state index in [1.165, 1.54) is 32.8 Å². The molecule has 0 radical (unpaired) electrons. The SMILES string of the molecule is C(#C[I+]c1ccccc1)CCCCCCC#C[I+]c1ccccc1.O=S(=O)([O-])C(F)(F)F.O=S(=O)([O-])C(F)(F)F. The van der Waals surface area contributed by atoms with Crippen LogP contribution >= 0.6 is 0 Å². The molecule has 0 aliphatic carbocycles. The average molecular weight is 838 g/mol. The molecule has 0 heterocycles. The van der Waals surface area contributed by atoms with Gasteiger partial charge in [0.25, 0.3) is 0 Å². The van der Waals surface area contributed by atoms with Gasteiger partial charge in [0.15, 0.2) is 28.1 Å². The molecule has 0 aromatic heterocycles. The van der Waals surface area contributed by atoms with Gasteiger partial charge in [-0.1, -0.05) is 49.2 Å². The number of alkyl halides is 6. The third-order valence-electron chi connectivity index (χ3n) is 3.83. The van der Waals surface area contributed by atoms with Crippen molar-refractivity contribution in [2.24, 2.45) is 0 Å². The van der Waals surface area contributed by atoms with E-state index >= 15 is 0 Å². The summed E-state index contributed by atoms with van der Waals surface area (Å²) in [5.41, 5.74) is -11.3. The van der Waals surface area contributed by atoms with E-state index in [2.05, 4.69) is 80.4 Å². The zero-order chi connectivity index (χ0) is 30.7. The van der Waals surface area contributed by atoms with E-state index in [9.17, 15) is 26.3 Å². The Hall–Kier alpha value is -1.58. The molecule has 40 heavy (non-hydrogen) atoms. The fraction of sp³-hybridized carbons (Fsp3) is 0.333. The first-order valence-electron chi connectivity index (χ1n) is 10.8. The van der Waals surface area contributed by atoms with Gasteiger partial charge in [0, 0.05) is 12.8 Å². The third kappa shape index (κ3) is 20.3. The molecule has 2 aromatic carbocycles. The summed E-state index contributed by atoms with van der Waals surface area (Å²) < 4.78 is 127. The molecule has 2 rings (SSSR count).